The number of hydrogen-bond acceptors (Lipinski definition) is 7. The van der Waals surface area contributed by atoms with Crippen molar-refractivity contribution in [1.82, 2.24) is 24.1 Å². The van der Waals surface area contributed by atoms with Gasteiger partial charge in [0.25, 0.3) is 0 Å². The van der Waals surface area contributed by atoms with Gasteiger partial charge in [0.1, 0.15) is 11.0 Å². The molecule has 0 unspecified atom stereocenters. The van der Waals surface area contributed by atoms with E-state index in [0.29, 0.717) is 18.9 Å². The highest BCUT2D eigenvalue weighted by molar-refractivity contribution is 7.89. The van der Waals surface area contributed by atoms with Crippen molar-refractivity contribution < 1.29 is 8.42 Å². The first-order chi connectivity index (χ1) is 10.9. The third-order valence-corrected chi connectivity index (χ3v) is 5.68. The third-order valence-electron chi connectivity index (χ3n) is 3.82. The van der Waals surface area contributed by atoms with E-state index in [1.54, 1.807) is 14.1 Å². The van der Waals surface area contributed by atoms with E-state index in [1.807, 2.05) is 11.0 Å². The average molecular weight is 333 g/mol. The average Bonchev–Trinajstić information content (AvgIpc) is 2.93. The van der Waals surface area contributed by atoms with Crippen LogP contribution < -0.4 is 4.90 Å². The van der Waals surface area contributed by atoms with Crippen LogP contribution in [0.5, 0.6) is 0 Å². The topological polar surface area (TPSA) is 108 Å². The van der Waals surface area contributed by atoms with Gasteiger partial charge in [-0.15, -0.1) is 0 Å². The van der Waals surface area contributed by atoms with Gasteiger partial charge in [0, 0.05) is 45.8 Å². The number of hydrogen-bond donors (Lipinski definition) is 0. The summed E-state index contributed by atoms with van der Waals surface area (Å²) in [4.78, 5) is 10.1. The summed E-state index contributed by atoms with van der Waals surface area (Å²) in [7, 11) is -0.361. The molecule has 1 aliphatic heterocycles. The van der Waals surface area contributed by atoms with Crippen molar-refractivity contribution in [2.24, 2.45) is 7.05 Å². The van der Waals surface area contributed by atoms with Crippen molar-refractivity contribution in [2.75, 3.05) is 25.0 Å². The van der Waals surface area contributed by atoms with Crippen LogP contribution in [0, 0.1) is 11.3 Å². The van der Waals surface area contributed by atoms with Gasteiger partial charge in [-0.3, -0.25) is 4.68 Å². The molecule has 23 heavy (non-hydrogen) atoms. The quantitative estimate of drug-likeness (QED) is 0.748. The Morgan fingerprint density at radius 3 is 2.65 bits per heavy atom. The molecule has 0 aromatic carbocycles. The summed E-state index contributed by atoms with van der Waals surface area (Å²) in [6.07, 6.45) is 5.77. The lowest BCUT2D eigenvalue weighted by Crippen LogP contribution is -2.60. The number of nitriles is 1. The van der Waals surface area contributed by atoms with E-state index < -0.39 is 10.0 Å². The van der Waals surface area contributed by atoms with E-state index in [1.165, 1.54) is 33.8 Å². The normalized spacial score (nSPS) is 15.5. The first kappa shape index (κ1) is 15.4. The van der Waals surface area contributed by atoms with Crippen molar-refractivity contribution in [2.45, 2.75) is 10.9 Å². The van der Waals surface area contributed by atoms with Crippen molar-refractivity contribution >= 4 is 15.8 Å². The number of sulfonamides is 1. The van der Waals surface area contributed by atoms with E-state index >= 15 is 0 Å². The van der Waals surface area contributed by atoms with Crippen molar-refractivity contribution in [3.63, 3.8) is 0 Å². The minimum absolute atomic E-state index is 0.165. The molecule has 0 radical (unpaired) electrons. The maximum absolute atomic E-state index is 12.5. The van der Waals surface area contributed by atoms with Gasteiger partial charge in [0.2, 0.25) is 10.0 Å². The predicted octanol–water partition coefficient (Wildman–Crippen LogP) is -0.409. The Morgan fingerprint density at radius 2 is 2.04 bits per heavy atom. The lowest BCUT2D eigenvalue weighted by atomic mass is 10.1. The molecule has 2 aromatic rings. The van der Waals surface area contributed by atoms with Crippen LogP contribution in [0.4, 0.5) is 5.82 Å². The number of anilines is 1. The first-order valence-corrected chi connectivity index (χ1v) is 8.30. The molecule has 1 aliphatic rings. The molecule has 0 aliphatic carbocycles. The summed E-state index contributed by atoms with van der Waals surface area (Å²) >= 11 is 0. The number of likely N-dealkylation sites (N-methyl/N-ethyl adjacent to an activating group) is 1. The Hall–Kier alpha value is -2.51. The molecular formula is C13H15N7O2S. The van der Waals surface area contributed by atoms with Crippen molar-refractivity contribution in [1.29, 1.82) is 5.26 Å². The Kier molecular flexibility index (Phi) is 3.75. The van der Waals surface area contributed by atoms with Gasteiger partial charge in [-0.25, -0.2) is 18.4 Å². The van der Waals surface area contributed by atoms with E-state index in [9.17, 15) is 8.42 Å². The van der Waals surface area contributed by atoms with Gasteiger partial charge >= 0.3 is 0 Å². The third kappa shape index (κ3) is 2.64. The van der Waals surface area contributed by atoms with Gasteiger partial charge in [0.15, 0.2) is 11.5 Å². The highest BCUT2D eigenvalue weighted by atomic mass is 32.2. The Morgan fingerprint density at radius 1 is 1.35 bits per heavy atom. The molecule has 0 saturated carbocycles. The van der Waals surface area contributed by atoms with Gasteiger partial charge in [-0.05, 0) is 0 Å². The van der Waals surface area contributed by atoms with Gasteiger partial charge in [0.05, 0.1) is 12.2 Å². The lowest BCUT2D eigenvalue weighted by Gasteiger charge is -2.43. The second-order valence-electron chi connectivity index (χ2n) is 5.27. The molecule has 0 N–H and O–H groups in total. The smallest absolute Gasteiger partial charge is 0.246 e. The highest BCUT2D eigenvalue weighted by Crippen LogP contribution is 2.26. The van der Waals surface area contributed by atoms with Gasteiger partial charge in [-0.2, -0.15) is 14.7 Å². The maximum atomic E-state index is 12.5. The van der Waals surface area contributed by atoms with E-state index in [2.05, 4.69) is 15.1 Å². The zero-order valence-electron chi connectivity index (χ0n) is 12.7. The fraction of sp³-hybridized carbons (Fsp3) is 0.385. The molecular weight excluding hydrogens is 318 g/mol. The monoisotopic (exact) mass is 333 g/mol. The van der Waals surface area contributed by atoms with Crippen LogP contribution in [0.3, 0.4) is 0 Å². The molecule has 0 amide bonds. The summed E-state index contributed by atoms with van der Waals surface area (Å²) in [5.74, 6) is 0.485. The minimum atomic E-state index is -3.58. The second-order valence-corrected chi connectivity index (χ2v) is 7.27. The van der Waals surface area contributed by atoms with Crippen LogP contribution >= 0.6 is 0 Å². The molecule has 9 nitrogen and oxygen atoms in total. The van der Waals surface area contributed by atoms with Crippen LogP contribution in [0.2, 0.25) is 0 Å². The summed E-state index contributed by atoms with van der Waals surface area (Å²) in [6.45, 7) is 0.923. The number of aromatic nitrogens is 4. The molecule has 0 atom stereocenters. The fourth-order valence-corrected chi connectivity index (χ4v) is 3.72. The van der Waals surface area contributed by atoms with E-state index in [0.717, 1.165) is 0 Å². The van der Waals surface area contributed by atoms with Crippen LogP contribution in [-0.4, -0.2) is 58.7 Å². The summed E-state index contributed by atoms with van der Waals surface area (Å²) in [5, 5.41) is 12.9. The van der Waals surface area contributed by atoms with E-state index in [4.69, 9.17) is 5.26 Å². The van der Waals surface area contributed by atoms with Crippen molar-refractivity contribution in [3.05, 3.63) is 30.5 Å². The summed E-state index contributed by atoms with van der Waals surface area (Å²) in [6, 6.07) is 1.80. The minimum Gasteiger partial charge on any atom is -0.351 e. The highest BCUT2D eigenvalue weighted by Gasteiger charge is 2.38. The van der Waals surface area contributed by atoms with Crippen molar-refractivity contribution in [3.8, 4) is 6.07 Å². The van der Waals surface area contributed by atoms with Crippen LogP contribution in [-0.2, 0) is 17.1 Å². The number of rotatable bonds is 4. The second kappa shape index (κ2) is 5.60. The number of aryl methyl sites for hydroxylation is 1. The molecule has 3 rings (SSSR count). The van der Waals surface area contributed by atoms with Crippen LogP contribution in [0.15, 0.2) is 29.7 Å². The summed E-state index contributed by atoms with van der Waals surface area (Å²) < 4.78 is 27.8. The Bertz CT molecular complexity index is 864. The summed E-state index contributed by atoms with van der Waals surface area (Å²) in [5.41, 5.74) is 0.240. The Balaban J connectivity index is 1.73. The molecule has 0 bridgehead atoms. The van der Waals surface area contributed by atoms with Gasteiger partial charge in [-0.1, -0.05) is 0 Å². The zero-order chi connectivity index (χ0) is 16.6. The molecule has 1 fully saturated rings. The van der Waals surface area contributed by atoms with E-state index in [-0.39, 0.29) is 16.6 Å². The molecule has 3 heterocycles. The molecule has 120 valence electrons. The zero-order valence-corrected chi connectivity index (χ0v) is 13.5. The predicted molar refractivity (Wildman–Crippen MR) is 80.9 cm³/mol. The lowest BCUT2D eigenvalue weighted by molar-refractivity contribution is 0.309. The maximum Gasteiger partial charge on any atom is 0.246 e. The molecule has 1 saturated heterocycles. The fourth-order valence-electron chi connectivity index (χ4n) is 2.39. The van der Waals surface area contributed by atoms with Crippen LogP contribution in [0.1, 0.15) is 5.69 Å². The molecule has 10 heteroatoms. The van der Waals surface area contributed by atoms with Crippen LogP contribution in [0.25, 0.3) is 0 Å². The SMILES string of the molecule is CN(C1CN(c2nccnc2C#N)C1)S(=O)(=O)c1cnn(C)c1. The number of nitrogens with zero attached hydrogens (tertiary/aromatic N) is 7. The molecule has 0 spiro atoms. The largest absolute Gasteiger partial charge is 0.351 e. The standard InChI is InChI=1S/C13H15N7O2S/c1-18-9-11(6-17-18)23(21,22)19(2)10-7-20(8-10)13-12(5-14)15-3-4-16-13/h3-4,6,9-10H,7-8H2,1-2H3. The Labute approximate surface area is 133 Å². The molecule has 2 aromatic heterocycles. The van der Waals surface area contributed by atoms with Gasteiger partial charge < -0.3 is 4.90 Å². The first-order valence-electron chi connectivity index (χ1n) is 6.86.